The maximum Gasteiger partial charge on any atom is 0.337 e. The van der Waals surface area contributed by atoms with Crippen LogP contribution in [0.5, 0.6) is 0 Å². The summed E-state index contributed by atoms with van der Waals surface area (Å²) >= 11 is 0. The third-order valence-corrected chi connectivity index (χ3v) is 5.05. The second-order valence-electron chi connectivity index (χ2n) is 6.99. The van der Waals surface area contributed by atoms with Crippen LogP contribution in [-0.2, 0) is 4.79 Å². The zero-order valence-electron chi connectivity index (χ0n) is 15.6. The molecule has 0 unspecified atom stereocenters. The second kappa shape index (κ2) is 7.67. The van der Waals surface area contributed by atoms with Crippen molar-refractivity contribution in [3.8, 4) is 6.07 Å². The number of carbonyl (C=O) groups is 3. The molecule has 3 aromatic rings. The van der Waals surface area contributed by atoms with E-state index in [2.05, 4.69) is 15.8 Å². The summed E-state index contributed by atoms with van der Waals surface area (Å²) in [6, 6.07) is 10.6. The summed E-state index contributed by atoms with van der Waals surface area (Å²) in [5.74, 6) is -2.16. The van der Waals surface area contributed by atoms with E-state index in [1.807, 2.05) is 6.07 Å². The van der Waals surface area contributed by atoms with E-state index in [4.69, 9.17) is 9.78 Å². The summed E-state index contributed by atoms with van der Waals surface area (Å²) in [6.45, 7) is 0. The van der Waals surface area contributed by atoms with Crippen LogP contribution in [0.25, 0.3) is 10.9 Å². The van der Waals surface area contributed by atoms with Crippen molar-refractivity contribution in [1.82, 2.24) is 5.16 Å². The van der Waals surface area contributed by atoms with Crippen LogP contribution in [-0.4, -0.2) is 28.0 Å². The van der Waals surface area contributed by atoms with Crippen molar-refractivity contribution in [2.45, 2.75) is 19.3 Å². The van der Waals surface area contributed by atoms with Gasteiger partial charge >= 0.3 is 5.97 Å². The molecule has 0 spiro atoms. The highest BCUT2D eigenvalue weighted by Gasteiger charge is 2.26. The lowest BCUT2D eigenvalue weighted by atomic mass is 9.85. The number of nitriles is 1. The van der Waals surface area contributed by atoms with Crippen LogP contribution in [0.4, 0.5) is 11.4 Å². The third kappa shape index (κ3) is 3.58. The smallest absolute Gasteiger partial charge is 0.337 e. The number of nitrogens with zero attached hydrogens (tertiary/aromatic N) is 2. The molecule has 150 valence electrons. The maximum absolute atomic E-state index is 12.7. The van der Waals surface area contributed by atoms with Gasteiger partial charge in [-0.05, 0) is 49.2 Å². The summed E-state index contributed by atoms with van der Waals surface area (Å²) in [7, 11) is 0. The maximum atomic E-state index is 12.7. The lowest BCUT2D eigenvalue weighted by Crippen LogP contribution is -2.27. The Bertz CT molecular complexity index is 1220. The predicted octanol–water partition coefficient (Wildman–Crippen LogP) is 3.39. The Hall–Kier alpha value is -4.19. The summed E-state index contributed by atoms with van der Waals surface area (Å²) in [4.78, 5) is 36.4. The van der Waals surface area contributed by atoms with Gasteiger partial charge in [0.05, 0.1) is 28.3 Å². The molecule has 9 nitrogen and oxygen atoms in total. The van der Waals surface area contributed by atoms with Crippen molar-refractivity contribution in [3.63, 3.8) is 0 Å². The van der Waals surface area contributed by atoms with Crippen molar-refractivity contribution in [1.29, 1.82) is 5.26 Å². The van der Waals surface area contributed by atoms with Crippen LogP contribution >= 0.6 is 0 Å². The first-order chi connectivity index (χ1) is 14.5. The molecule has 1 aliphatic rings. The highest BCUT2D eigenvalue weighted by atomic mass is 16.5. The van der Waals surface area contributed by atoms with E-state index in [1.54, 1.807) is 18.2 Å². The molecule has 3 N–H and O–H groups in total. The molecule has 4 rings (SSSR count). The van der Waals surface area contributed by atoms with Crippen LogP contribution in [0.3, 0.4) is 0 Å². The van der Waals surface area contributed by atoms with Crippen molar-refractivity contribution in [3.05, 3.63) is 53.3 Å². The highest BCUT2D eigenvalue weighted by Crippen LogP contribution is 2.29. The number of carbonyl (C=O) groups excluding carboxylic acids is 2. The second-order valence-corrected chi connectivity index (χ2v) is 6.99. The van der Waals surface area contributed by atoms with E-state index in [1.165, 1.54) is 18.2 Å². The quantitative estimate of drug-likeness (QED) is 0.591. The molecule has 9 heteroatoms. The first-order valence-corrected chi connectivity index (χ1v) is 9.25. The number of rotatable bonds is 5. The molecule has 1 aromatic heterocycles. The fraction of sp³-hybridized carbons (Fsp3) is 0.190. The van der Waals surface area contributed by atoms with Gasteiger partial charge in [-0.2, -0.15) is 5.26 Å². The van der Waals surface area contributed by atoms with Gasteiger partial charge in [-0.1, -0.05) is 11.6 Å². The van der Waals surface area contributed by atoms with Gasteiger partial charge in [-0.3, -0.25) is 9.59 Å². The predicted molar refractivity (Wildman–Crippen MR) is 106 cm³/mol. The van der Waals surface area contributed by atoms with Gasteiger partial charge in [0, 0.05) is 11.6 Å². The van der Waals surface area contributed by atoms with Gasteiger partial charge in [0.1, 0.15) is 5.52 Å². The number of hydrogen-bond acceptors (Lipinski definition) is 6. The Kier molecular flexibility index (Phi) is 4.90. The van der Waals surface area contributed by atoms with E-state index in [0.717, 1.165) is 19.3 Å². The first kappa shape index (κ1) is 19.1. The SMILES string of the molecule is N#Cc1ccc(NC(=O)c2onc3ccc(NC(=O)C4CCC4)cc23)c(C(=O)O)c1. The van der Waals surface area contributed by atoms with Crippen molar-refractivity contribution >= 4 is 40.1 Å². The average Bonchev–Trinajstić information content (AvgIpc) is 3.10. The van der Waals surface area contributed by atoms with Crippen LogP contribution in [0.15, 0.2) is 40.9 Å². The molecule has 0 bridgehead atoms. The van der Waals surface area contributed by atoms with Crippen LogP contribution < -0.4 is 10.6 Å². The van der Waals surface area contributed by atoms with E-state index in [0.29, 0.717) is 16.6 Å². The average molecular weight is 404 g/mol. The largest absolute Gasteiger partial charge is 0.478 e. The van der Waals surface area contributed by atoms with E-state index in [-0.39, 0.29) is 34.4 Å². The van der Waals surface area contributed by atoms with Gasteiger partial charge in [-0.25, -0.2) is 4.79 Å². The molecule has 0 aliphatic heterocycles. The van der Waals surface area contributed by atoms with Crippen molar-refractivity contribution in [2.24, 2.45) is 5.92 Å². The van der Waals surface area contributed by atoms with Crippen molar-refractivity contribution in [2.75, 3.05) is 10.6 Å². The van der Waals surface area contributed by atoms with Gasteiger partial charge in [0.2, 0.25) is 11.7 Å². The highest BCUT2D eigenvalue weighted by molar-refractivity contribution is 6.12. The fourth-order valence-corrected chi connectivity index (χ4v) is 3.18. The standard InChI is InChI=1S/C21H16N4O5/c22-10-11-4-6-16(15(8-11)21(28)29)24-20(27)18-14-9-13(5-7-17(14)25-30-18)23-19(26)12-2-1-3-12/h4-9,12H,1-3H2,(H,23,26)(H,24,27)(H,28,29). The molecule has 1 heterocycles. The normalized spacial score (nSPS) is 13.3. The van der Waals surface area contributed by atoms with E-state index >= 15 is 0 Å². The molecule has 2 aromatic carbocycles. The minimum atomic E-state index is -1.29. The number of carboxylic acid groups (broad SMARTS) is 1. The number of aromatic carboxylic acids is 1. The molecule has 0 atom stereocenters. The molecule has 1 saturated carbocycles. The molecule has 0 radical (unpaired) electrons. The van der Waals surface area contributed by atoms with E-state index in [9.17, 15) is 19.5 Å². The topological polar surface area (TPSA) is 145 Å². The molecule has 1 fully saturated rings. The molecule has 1 aliphatic carbocycles. The van der Waals surface area contributed by atoms with Gasteiger partial charge in [0.15, 0.2) is 0 Å². The lowest BCUT2D eigenvalue weighted by Gasteiger charge is -2.24. The minimum absolute atomic E-state index is 0.0109. The van der Waals surface area contributed by atoms with E-state index < -0.39 is 11.9 Å². The Morgan fingerprint density at radius 2 is 1.93 bits per heavy atom. The summed E-state index contributed by atoms with van der Waals surface area (Å²) in [5.41, 5.74) is 0.883. The summed E-state index contributed by atoms with van der Waals surface area (Å²) < 4.78 is 5.16. The van der Waals surface area contributed by atoms with Gasteiger partial charge in [0.25, 0.3) is 5.91 Å². The number of fused-ring (bicyclic) bond motifs is 1. The lowest BCUT2D eigenvalue weighted by molar-refractivity contribution is -0.122. The fourth-order valence-electron chi connectivity index (χ4n) is 3.18. The number of aromatic nitrogens is 1. The van der Waals surface area contributed by atoms with Crippen LogP contribution in [0.2, 0.25) is 0 Å². The van der Waals surface area contributed by atoms with Gasteiger partial charge < -0.3 is 20.3 Å². The Morgan fingerprint density at radius 1 is 1.13 bits per heavy atom. The molecular weight excluding hydrogens is 388 g/mol. The van der Waals surface area contributed by atoms with Crippen LogP contribution in [0, 0.1) is 17.2 Å². The minimum Gasteiger partial charge on any atom is -0.478 e. The Labute approximate surface area is 170 Å². The summed E-state index contributed by atoms with van der Waals surface area (Å²) in [6.07, 6.45) is 2.78. The third-order valence-electron chi connectivity index (χ3n) is 5.05. The molecule has 30 heavy (non-hydrogen) atoms. The first-order valence-electron chi connectivity index (χ1n) is 9.25. The number of benzene rings is 2. The number of nitrogens with one attached hydrogen (secondary N) is 2. The van der Waals surface area contributed by atoms with Crippen molar-refractivity contribution < 1.29 is 24.0 Å². The molecule has 0 saturated heterocycles. The Morgan fingerprint density at radius 3 is 2.60 bits per heavy atom. The number of carboxylic acids is 1. The molecule has 2 amide bonds. The molecular formula is C21H16N4O5. The Balaban J connectivity index is 1.60. The number of hydrogen-bond donors (Lipinski definition) is 3. The zero-order valence-corrected chi connectivity index (χ0v) is 15.6. The summed E-state index contributed by atoms with van der Waals surface area (Å²) in [5, 5.41) is 27.8. The van der Waals surface area contributed by atoms with Gasteiger partial charge in [-0.15, -0.1) is 0 Å². The zero-order chi connectivity index (χ0) is 21.3. The monoisotopic (exact) mass is 404 g/mol. The number of amides is 2. The van der Waals surface area contributed by atoms with Crippen LogP contribution in [0.1, 0.15) is 45.7 Å². The number of anilines is 2.